The average Bonchev–Trinajstić information content (AvgIpc) is 3.05. The van der Waals surface area contributed by atoms with Crippen molar-refractivity contribution in [3.63, 3.8) is 0 Å². The van der Waals surface area contributed by atoms with Crippen molar-refractivity contribution in [1.29, 1.82) is 0 Å². The molecule has 0 aromatic heterocycles. The summed E-state index contributed by atoms with van der Waals surface area (Å²) in [6.45, 7) is 3.32. The molecule has 3 aromatic rings. The van der Waals surface area contributed by atoms with Crippen LogP contribution < -0.4 is 0 Å². The van der Waals surface area contributed by atoms with Crippen LogP contribution in [0.1, 0.15) is 5.56 Å². The maximum Gasteiger partial charge on any atom is 0.0357 e. The summed E-state index contributed by atoms with van der Waals surface area (Å²) in [7, 11) is 0. The number of benzene rings is 3. The van der Waals surface area contributed by atoms with Gasteiger partial charge in [-0.2, -0.15) is 0 Å². The zero-order valence-electron chi connectivity index (χ0n) is 14.7. The van der Waals surface area contributed by atoms with Crippen LogP contribution in [0, 0.1) is 0 Å². The lowest BCUT2D eigenvalue weighted by Crippen LogP contribution is -2.20. The normalized spacial score (nSPS) is 20.3. The smallest absolute Gasteiger partial charge is 0.0357 e. The molecule has 3 heteroatoms. The Kier molecular flexibility index (Phi) is 6.00. The molecule has 26 heavy (non-hydrogen) atoms. The van der Waals surface area contributed by atoms with Crippen LogP contribution in [-0.2, 0) is 6.54 Å². The Labute approximate surface area is 164 Å². The van der Waals surface area contributed by atoms with Gasteiger partial charge in [-0.15, -0.1) is 23.5 Å². The number of hydrogen-bond acceptors (Lipinski definition) is 3. The van der Waals surface area contributed by atoms with Crippen LogP contribution >= 0.6 is 23.5 Å². The molecule has 2 atom stereocenters. The highest BCUT2D eigenvalue weighted by Gasteiger charge is 2.34. The van der Waals surface area contributed by atoms with Crippen LogP contribution in [0.4, 0.5) is 0 Å². The molecular formula is C23H23NS2. The van der Waals surface area contributed by atoms with E-state index in [0.717, 1.165) is 19.6 Å². The number of likely N-dealkylation sites (tertiary alicyclic amines) is 1. The van der Waals surface area contributed by atoms with Crippen LogP contribution in [0.3, 0.4) is 0 Å². The van der Waals surface area contributed by atoms with E-state index in [4.69, 9.17) is 0 Å². The van der Waals surface area contributed by atoms with Crippen molar-refractivity contribution in [2.45, 2.75) is 26.8 Å². The average molecular weight is 378 g/mol. The van der Waals surface area contributed by atoms with E-state index < -0.39 is 0 Å². The van der Waals surface area contributed by atoms with E-state index in [1.54, 1.807) is 0 Å². The van der Waals surface area contributed by atoms with Crippen LogP contribution in [-0.4, -0.2) is 28.5 Å². The van der Waals surface area contributed by atoms with Gasteiger partial charge in [0.2, 0.25) is 0 Å². The summed E-state index contributed by atoms with van der Waals surface area (Å²) in [5.41, 5.74) is 1.40. The number of hydrogen-bond donors (Lipinski definition) is 0. The summed E-state index contributed by atoms with van der Waals surface area (Å²) < 4.78 is 0. The molecule has 4 rings (SSSR count). The quantitative estimate of drug-likeness (QED) is 0.532. The predicted molar refractivity (Wildman–Crippen MR) is 114 cm³/mol. The van der Waals surface area contributed by atoms with Crippen molar-refractivity contribution in [1.82, 2.24) is 4.90 Å². The minimum atomic E-state index is 0.603. The van der Waals surface area contributed by atoms with Gasteiger partial charge >= 0.3 is 0 Å². The topological polar surface area (TPSA) is 3.24 Å². The zero-order valence-corrected chi connectivity index (χ0v) is 16.3. The second-order valence-corrected chi connectivity index (χ2v) is 9.24. The van der Waals surface area contributed by atoms with Crippen LogP contribution in [0.2, 0.25) is 0 Å². The van der Waals surface area contributed by atoms with Crippen LogP contribution in [0.5, 0.6) is 0 Å². The van der Waals surface area contributed by atoms with Gasteiger partial charge in [0.1, 0.15) is 0 Å². The lowest BCUT2D eigenvalue weighted by Gasteiger charge is -2.17. The Morgan fingerprint density at radius 3 is 1.50 bits per heavy atom. The molecule has 1 fully saturated rings. The number of rotatable bonds is 6. The molecule has 0 amide bonds. The van der Waals surface area contributed by atoms with Gasteiger partial charge in [-0.05, 0) is 29.8 Å². The highest BCUT2D eigenvalue weighted by molar-refractivity contribution is 8.04. The monoisotopic (exact) mass is 377 g/mol. The van der Waals surface area contributed by atoms with Crippen LogP contribution in [0.25, 0.3) is 0 Å². The fraction of sp³-hybridized carbons (Fsp3) is 0.217. The van der Waals surface area contributed by atoms with E-state index in [9.17, 15) is 0 Å². The third-order valence-corrected chi connectivity index (χ3v) is 7.42. The predicted octanol–water partition coefficient (Wildman–Crippen LogP) is 5.82. The minimum absolute atomic E-state index is 0.603. The van der Waals surface area contributed by atoms with Crippen molar-refractivity contribution in [3.8, 4) is 0 Å². The summed E-state index contributed by atoms with van der Waals surface area (Å²) in [5.74, 6) is 0. The minimum Gasteiger partial charge on any atom is -0.297 e. The Balaban J connectivity index is 1.48. The molecule has 1 aliphatic heterocycles. The summed E-state index contributed by atoms with van der Waals surface area (Å²) in [6.07, 6.45) is 0. The van der Waals surface area contributed by atoms with Gasteiger partial charge in [0.05, 0.1) is 0 Å². The Morgan fingerprint density at radius 2 is 1.04 bits per heavy atom. The van der Waals surface area contributed by atoms with E-state index in [-0.39, 0.29) is 0 Å². The summed E-state index contributed by atoms with van der Waals surface area (Å²) >= 11 is 4.06. The second kappa shape index (κ2) is 8.81. The summed E-state index contributed by atoms with van der Waals surface area (Å²) in [5, 5.41) is 1.21. The summed E-state index contributed by atoms with van der Waals surface area (Å²) in [6, 6.07) is 32.5. The molecule has 0 bridgehead atoms. The van der Waals surface area contributed by atoms with Gasteiger partial charge < -0.3 is 0 Å². The third-order valence-electron chi connectivity index (χ3n) is 4.60. The molecule has 132 valence electrons. The standard InChI is InChI=1S/C23H23NS2/c1-4-10-19(11-5-1)16-24-17-22(25-20-12-6-2-7-13-20)23(18-24)26-21-14-8-3-9-15-21/h1-15,22-23H,16-18H2. The largest absolute Gasteiger partial charge is 0.297 e. The lowest BCUT2D eigenvalue weighted by atomic mass is 10.2. The van der Waals surface area contributed by atoms with Crippen molar-refractivity contribution in [2.75, 3.05) is 13.1 Å². The first kappa shape index (κ1) is 17.7. The summed E-state index contributed by atoms with van der Waals surface area (Å²) in [4.78, 5) is 5.35. The molecule has 0 N–H and O–H groups in total. The fourth-order valence-electron chi connectivity index (χ4n) is 3.36. The van der Waals surface area contributed by atoms with Crippen molar-refractivity contribution in [3.05, 3.63) is 96.6 Å². The van der Waals surface area contributed by atoms with Gasteiger partial charge in [0.15, 0.2) is 0 Å². The molecule has 0 spiro atoms. The molecule has 0 radical (unpaired) electrons. The molecular weight excluding hydrogens is 354 g/mol. The van der Waals surface area contributed by atoms with Crippen LogP contribution in [0.15, 0.2) is 101 Å². The SMILES string of the molecule is c1ccc(CN2CC(Sc3ccccc3)C(Sc3ccccc3)C2)cc1. The van der Waals surface area contributed by atoms with Crippen molar-refractivity contribution >= 4 is 23.5 Å². The molecule has 0 aliphatic carbocycles. The lowest BCUT2D eigenvalue weighted by molar-refractivity contribution is 0.333. The number of thioether (sulfide) groups is 2. The van der Waals surface area contributed by atoms with Crippen molar-refractivity contribution < 1.29 is 0 Å². The molecule has 2 unspecified atom stereocenters. The molecule has 3 aromatic carbocycles. The first-order valence-corrected chi connectivity index (χ1v) is 10.8. The zero-order chi connectivity index (χ0) is 17.6. The second-order valence-electron chi connectivity index (χ2n) is 6.62. The Bertz CT molecular complexity index is 743. The van der Waals surface area contributed by atoms with E-state index in [0.29, 0.717) is 10.5 Å². The van der Waals surface area contributed by atoms with Gasteiger partial charge in [-0.3, -0.25) is 4.90 Å². The van der Waals surface area contributed by atoms with Gasteiger partial charge in [0, 0.05) is 39.9 Å². The first-order valence-electron chi connectivity index (χ1n) is 9.06. The number of nitrogens with zero attached hydrogens (tertiary/aromatic N) is 1. The molecule has 1 heterocycles. The first-order chi connectivity index (χ1) is 12.9. The Hall–Kier alpha value is -1.68. The fourth-order valence-corrected chi connectivity index (χ4v) is 6.07. The molecule has 0 saturated carbocycles. The highest BCUT2D eigenvalue weighted by Crippen LogP contribution is 2.39. The molecule has 1 aliphatic rings. The molecule has 1 nitrogen and oxygen atoms in total. The van der Waals surface area contributed by atoms with E-state index in [2.05, 4.69) is 95.9 Å². The van der Waals surface area contributed by atoms with E-state index >= 15 is 0 Å². The van der Waals surface area contributed by atoms with Crippen molar-refractivity contribution in [2.24, 2.45) is 0 Å². The highest BCUT2D eigenvalue weighted by atomic mass is 32.2. The van der Waals surface area contributed by atoms with Gasteiger partial charge in [0.25, 0.3) is 0 Å². The molecule has 1 saturated heterocycles. The Morgan fingerprint density at radius 1 is 0.615 bits per heavy atom. The maximum atomic E-state index is 2.61. The van der Waals surface area contributed by atoms with E-state index in [1.165, 1.54) is 15.4 Å². The van der Waals surface area contributed by atoms with E-state index in [1.807, 2.05) is 23.5 Å². The maximum absolute atomic E-state index is 2.61. The van der Waals surface area contributed by atoms with Gasteiger partial charge in [-0.1, -0.05) is 66.7 Å². The third kappa shape index (κ3) is 4.73. The van der Waals surface area contributed by atoms with Gasteiger partial charge in [-0.25, -0.2) is 0 Å².